The van der Waals surface area contributed by atoms with E-state index < -0.39 is 0 Å². The molecule has 0 bridgehead atoms. The van der Waals surface area contributed by atoms with Crippen LogP contribution in [-0.2, 0) is 4.79 Å². The lowest BCUT2D eigenvalue weighted by Crippen LogP contribution is -2.39. The molecule has 3 nitrogen and oxygen atoms in total. The maximum atomic E-state index is 12.2. The number of carbonyl (C=O) groups is 1. The Bertz CT molecular complexity index is 253. The average Bonchev–Trinajstić information content (AvgIpc) is 3.00. The number of amides is 1. The maximum absolute atomic E-state index is 12.2. The highest BCUT2D eigenvalue weighted by atomic mass is 16.2. The number of hydrogen-bond donors (Lipinski definition) is 2. The normalized spacial score (nSPS) is 27.2. The third-order valence-corrected chi connectivity index (χ3v) is 4.72. The Balaban J connectivity index is 1.72. The molecule has 1 aliphatic heterocycles. The second-order valence-corrected chi connectivity index (χ2v) is 5.74. The van der Waals surface area contributed by atoms with Gasteiger partial charge in [0, 0.05) is 12.0 Å². The van der Waals surface area contributed by atoms with Crippen LogP contribution in [0.25, 0.3) is 0 Å². The van der Waals surface area contributed by atoms with Crippen LogP contribution in [0.1, 0.15) is 51.9 Å². The van der Waals surface area contributed by atoms with E-state index in [-0.39, 0.29) is 5.41 Å². The van der Waals surface area contributed by atoms with Crippen molar-refractivity contribution in [3.8, 4) is 0 Å². The first-order valence-corrected chi connectivity index (χ1v) is 7.26. The molecular weight excluding hydrogens is 212 g/mol. The van der Waals surface area contributed by atoms with Crippen molar-refractivity contribution in [2.24, 2.45) is 11.3 Å². The van der Waals surface area contributed by atoms with Crippen molar-refractivity contribution in [2.75, 3.05) is 19.6 Å². The zero-order valence-corrected chi connectivity index (χ0v) is 11.1. The molecule has 1 aliphatic carbocycles. The quantitative estimate of drug-likeness (QED) is 0.770. The average molecular weight is 238 g/mol. The van der Waals surface area contributed by atoms with Gasteiger partial charge in [-0.25, -0.2) is 0 Å². The Morgan fingerprint density at radius 2 is 2.18 bits per heavy atom. The lowest BCUT2D eigenvalue weighted by Gasteiger charge is -2.26. The van der Waals surface area contributed by atoms with Gasteiger partial charge in [-0.15, -0.1) is 0 Å². The van der Waals surface area contributed by atoms with Crippen LogP contribution in [0.3, 0.4) is 0 Å². The number of carbonyl (C=O) groups excluding carboxylic acids is 1. The minimum Gasteiger partial charge on any atom is -0.356 e. The van der Waals surface area contributed by atoms with Crippen LogP contribution >= 0.6 is 0 Å². The van der Waals surface area contributed by atoms with Gasteiger partial charge in [-0.05, 0) is 51.1 Å². The van der Waals surface area contributed by atoms with Gasteiger partial charge in [-0.2, -0.15) is 0 Å². The summed E-state index contributed by atoms with van der Waals surface area (Å²) in [7, 11) is 0. The van der Waals surface area contributed by atoms with E-state index in [0.717, 1.165) is 51.2 Å². The number of rotatable bonds is 5. The number of hydrogen-bond acceptors (Lipinski definition) is 2. The topological polar surface area (TPSA) is 41.1 Å². The molecule has 1 amide bonds. The number of nitrogens with one attached hydrogen (secondary N) is 2. The first-order chi connectivity index (χ1) is 8.27. The van der Waals surface area contributed by atoms with E-state index in [9.17, 15) is 4.79 Å². The van der Waals surface area contributed by atoms with Crippen LogP contribution in [-0.4, -0.2) is 25.5 Å². The predicted octanol–water partition coefficient (Wildman–Crippen LogP) is 2.07. The Morgan fingerprint density at radius 1 is 1.41 bits per heavy atom. The first kappa shape index (κ1) is 12.9. The summed E-state index contributed by atoms with van der Waals surface area (Å²) in [6.07, 6.45) is 8.07. The highest BCUT2D eigenvalue weighted by molar-refractivity contribution is 5.82. The standard InChI is InChI=1S/C14H26N2O/c1-2-14(7-3-4-8-14)13(17)16-10-6-12-5-9-15-11-12/h12,15H,2-11H2,1H3,(H,16,17). The summed E-state index contributed by atoms with van der Waals surface area (Å²) in [5.74, 6) is 1.10. The highest BCUT2D eigenvalue weighted by Crippen LogP contribution is 2.41. The molecule has 17 heavy (non-hydrogen) atoms. The van der Waals surface area contributed by atoms with Crippen LogP contribution in [0.5, 0.6) is 0 Å². The lowest BCUT2D eigenvalue weighted by atomic mass is 9.82. The van der Waals surface area contributed by atoms with E-state index >= 15 is 0 Å². The van der Waals surface area contributed by atoms with Crippen molar-refractivity contribution < 1.29 is 4.79 Å². The molecule has 2 aliphatic rings. The largest absolute Gasteiger partial charge is 0.356 e. The van der Waals surface area contributed by atoms with Crippen molar-refractivity contribution >= 4 is 5.91 Å². The summed E-state index contributed by atoms with van der Waals surface area (Å²) in [6, 6.07) is 0. The van der Waals surface area contributed by atoms with Gasteiger partial charge >= 0.3 is 0 Å². The monoisotopic (exact) mass is 238 g/mol. The van der Waals surface area contributed by atoms with Crippen LogP contribution in [0.2, 0.25) is 0 Å². The van der Waals surface area contributed by atoms with Gasteiger partial charge in [-0.3, -0.25) is 4.79 Å². The van der Waals surface area contributed by atoms with E-state index in [1.165, 1.54) is 19.3 Å². The van der Waals surface area contributed by atoms with E-state index in [1.54, 1.807) is 0 Å². The lowest BCUT2D eigenvalue weighted by molar-refractivity contribution is -0.131. The molecule has 1 atom stereocenters. The third kappa shape index (κ3) is 3.01. The van der Waals surface area contributed by atoms with Gasteiger partial charge in [0.2, 0.25) is 5.91 Å². The predicted molar refractivity (Wildman–Crippen MR) is 69.8 cm³/mol. The molecule has 1 saturated heterocycles. The molecule has 2 N–H and O–H groups in total. The van der Waals surface area contributed by atoms with Gasteiger partial charge < -0.3 is 10.6 Å². The molecule has 0 aromatic heterocycles. The van der Waals surface area contributed by atoms with Crippen molar-refractivity contribution in [3.05, 3.63) is 0 Å². The minimum atomic E-state index is -0.0199. The first-order valence-electron chi connectivity index (χ1n) is 7.26. The highest BCUT2D eigenvalue weighted by Gasteiger charge is 2.38. The van der Waals surface area contributed by atoms with E-state index in [0.29, 0.717) is 5.91 Å². The molecule has 98 valence electrons. The molecule has 3 heteroatoms. The Kier molecular flexibility index (Phi) is 4.43. The molecule has 0 aromatic rings. The van der Waals surface area contributed by atoms with Gasteiger partial charge in [0.25, 0.3) is 0 Å². The smallest absolute Gasteiger partial charge is 0.226 e. The van der Waals surface area contributed by atoms with Crippen molar-refractivity contribution in [1.82, 2.24) is 10.6 Å². The van der Waals surface area contributed by atoms with Crippen LogP contribution in [0.4, 0.5) is 0 Å². The van der Waals surface area contributed by atoms with E-state index in [1.807, 2.05) is 0 Å². The SMILES string of the molecule is CCC1(C(=O)NCCC2CCNC2)CCCC1. The van der Waals surface area contributed by atoms with Crippen molar-refractivity contribution in [1.29, 1.82) is 0 Å². The minimum absolute atomic E-state index is 0.0199. The fraction of sp³-hybridized carbons (Fsp3) is 0.929. The summed E-state index contributed by atoms with van der Waals surface area (Å²) >= 11 is 0. The molecule has 2 rings (SSSR count). The molecule has 1 saturated carbocycles. The fourth-order valence-corrected chi connectivity index (χ4v) is 3.33. The molecule has 0 radical (unpaired) electrons. The van der Waals surface area contributed by atoms with Gasteiger partial charge in [-0.1, -0.05) is 19.8 Å². The van der Waals surface area contributed by atoms with Gasteiger partial charge in [0.15, 0.2) is 0 Å². The third-order valence-electron chi connectivity index (χ3n) is 4.72. The van der Waals surface area contributed by atoms with Crippen molar-refractivity contribution in [3.63, 3.8) is 0 Å². The zero-order valence-electron chi connectivity index (χ0n) is 11.1. The van der Waals surface area contributed by atoms with Crippen LogP contribution in [0.15, 0.2) is 0 Å². The second-order valence-electron chi connectivity index (χ2n) is 5.74. The Labute approximate surface area is 105 Å². The summed E-state index contributed by atoms with van der Waals surface area (Å²) in [5, 5.41) is 6.55. The van der Waals surface area contributed by atoms with E-state index in [4.69, 9.17) is 0 Å². The van der Waals surface area contributed by atoms with Crippen molar-refractivity contribution in [2.45, 2.75) is 51.9 Å². The van der Waals surface area contributed by atoms with Gasteiger partial charge in [0.05, 0.1) is 0 Å². The van der Waals surface area contributed by atoms with Crippen LogP contribution in [0, 0.1) is 11.3 Å². The van der Waals surface area contributed by atoms with Crippen LogP contribution < -0.4 is 10.6 Å². The molecule has 1 heterocycles. The maximum Gasteiger partial charge on any atom is 0.226 e. The second kappa shape index (κ2) is 5.85. The summed E-state index contributed by atoms with van der Waals surface area (Å²) < 4.78 is 0. The Morgan fingerprint density at radius 3 is 2.76 bits per heavy atom. The molecule has 1 unspecified atom stereocenters. The molecular formula is C14H26N2O. The van der Waals surface area contributed by atoms with Gasteiger partial charge in [0.1, 0.15) is 0 Å². The Hall–Kier alpha value is -0.570. The van der Waals surface area contributed by atoms with E-state index in [2.05, 4.69) is 17.6 Å². The molecule has 2 fully saturated rings. The summed E-state index contributed by atoms with van der Waals surface area (Å²) in [6.45, 7) is 5.31. The fourth-order valence-electron chi connectivity index (χ4n) is 3.33. The summed E-state index contributed by atoms with van der Waals surface area (Å²) in [4.78, 5) is 12.2. The molecule has 0 spiro atoms. The molecule has 0 aromatic carbocycles. The summed E-state index contributed by atoms with van der Waals surface area (Å²) in [5.41, 5.74) is -0.0199. The zero-order chi connectivity index (χ0) is 12.1.